The lowest BCUT2D eigenvalue weighted by Crippen LogP contribution is -2.40. The molecule has 0 aromatic rings. The third kappa shape index (κ3) is 3.44. The van der Waals surface area contributed by atoms with E-state index in [2.05, 4.69) is 5.32 Å². The summed E-state index contributed by atoms with van der Waals surface area (Å²) in [6.07, 6.45) is 7.46. The number of hydrogen-bond donors (Lipinski definition) is 2. The van der Waals surface area contributed by atoms with E-state index in [4.69, 9.17) is 10.5 Å². The van der Waals surface area contributed by atoms with E-state index in [9.17, 15) is 0 Å². The predicted octanol–water partition coefficient (Wildman–Crippen LogP) is 1.27. The summed E-state index contributed by atoms with van der Waals surface area (Å²) in [6, 6.07) is 0. The van der Waals surface area contributed by atoms with E-state index in [1.807, 2.05) is 0 Å². The zero-order valence-corrected chi connectivity index (χ0v) is 9.63. The summed E-state index contributed by atoms with van der Waals surface area (Å²) < 4.78 is 5.34. The molecule has 88 valence electrons. The monoisotopic (exact) mass is 212 g/mol. The Morgan fingerprint density at radius 2 is 2.13 bits per heavy atom. The van der Waals surface area contributed by atoms with Crippen LogP contribution in [0, 0.1) is 5.92 Å². The second-order valence-corrected chi connectivity index (χ2v) is 5.25. The first-order valence-corrected chi connectivity index (χ1v) is 6.36. The van der Waals surface area contributed by atoms with E-state index in [1.54, 1.807) is 0 Å². The van der Waals surface area contributed by atoms with Crippen LogP contribution in [0.1, 0.15) is 38.5 Å². The van der Waals surface area contributed by atoms with Crippen molar-refractivity contribution < 1.29 is 4.74 Å². The number of nitrogens with one attached hydrogen (secondary N) is 1. The fourth-order valence-electron chi connectivity index (χ4n) is 2.72. The normalized spacial score (nSPS) is 29.8. The van der Waals surface area contributed by atoms with Gasteiger partial charge < -0.3 is 15.8 Å². The van der Waals surface area contributed by atoms with Crippen LogP contribution in [-0.4, -0.2) is 31.8 Å². The molecular formula is C12H24N2O. The molecule has 1 aliphatic carbocycles. The van der Waals surface area contributed by atoms with E-state index >= 15 is 0 Å². The second-order valence-electron chi connectivity index (χ2n) is 5.25. The van der Waals surface area contributed by atoms with Crippen LogP contribution in [0.5, 0.6) is 0 Å². The molecule has 3 heteroatoms. The van der Waals surface area contributed by atoms with Crippen molar-refractivity contribution in [2.75, 3.05) is 26.3 Å². The molecule has 1 saturated carbocycles. The Balaban J connectivity index is 1.54. The minimum atomic E-state index is 0.152. The van der Waals surface area contributed by atoms with E-state index in [0.717, 1.165) is 38.6 Å². The summed E-state index contributed by atoms with van der Waals surface area (Å²) in [6.45, 7) is 4.08. The molecule has 1 aliphatic heterocycles. The van der Waals surface area contributed by atoms with Crippen molar-refractivity contribution in [2.24, 2.45) is 11.7 Å². The predicted molar refractivity (Wildman–Crippen MR) is 61.8 cm³/mol. The highest BCUT2D eigenvalue weighted by atomic mass is 16.5. The smallest absolute Gasteiger partial charge is 0.0507 e. The Bertz CT molecular complexity index is 184. The molecule has 1 saturated heterocycles. The van der Waals surface area contributed by atoms with Gasteiger partial charge in [-0.3, -0.25) is 0 Å². The third-order valence-electron chi connectivity index (χ3n) is 3.86. The highest BCUT2D eigenvalue weighted by molar-refractivity contribution is 4.89. The topological polar surface area (TPSA) is 47.3 Å². The van der Waals surface area contributed by atoms with Crippen molar-refractivity contribution in [1.29, 1.82) is 0 Å². The standard InChI is InChI=1S/C12H24N2O/c13-12(4-1-2-5-12)6-7-14-9-11-3-8-15-10-11/h11,14H,1-10,13H2. The van der Waals surface area contributed by atoms with Gasteiger partial charge in [0.1, 0.15) is 0 Å². The summed E-state index contributed by atoms with van der Waals surface area (Å²) in [5, 5.41) is 3.52. The summed E-state index contributed by atoms with van der Waals surface area (Å²) in [5.41, 5.74) is 6.44. The molecule has 0 radical (unpaired) electrons. The highest BCUT2D eigenvalue weighted by Crippen LogP contribution is 2.29. The fraction of sp³-hybridized carbons (Fsp3) is 1.00. The van der Waals surface area contributed by atoms with Gasteiger partial charge in [0.05, 0.1) is 6.61 Å². The molecule has 2 aliphatic rings. The van der Waals surface area contributed by atoms with Crippen LogP contribution in [0.25, 0.3) is 0 Å². The average molecular weight is 212 g/mol. The van der Waals surface area contributed by atoms with E-state index in [1.165, 1.54) is 32.1 Å². The van der Waals surface area contributed by atoms with Gasteiger partial charge in [0.15, 0.2) is 0 Å². The van der Waals surface area contributed by atoms with Gasteiger partial charge in [-0.15, -0.1) is 0 Å². The molecule has 2 fully saturated rings. The molecule has 1 heterocycles. The van der Waals surface area contributed by atoms with Crippen molar-refractivity contribution in [3.8, 4) is 0 Å². The van der Waals surface area contributed by atoms with Gasteiger partial charge in [-0.05, 0) is 38.1 Å². The molecule has 0 aromatic heterocycles. The van der Waals surface area contributed by atoms with Crippen LogP contribution in [0.15, 0.2) is 0 Å². The second kappa shape index (κ2) is 5.28. The summed E-state index contributed by atoms with van der Waals surface area (Å²) in [4.78, 5) is 0. The third-order valence-corrected chi connectivity index (χ3v) is 3.86. The molecule has 1 unspecified atom stereocenters. The lowest BCUT2D eigenvalue weighted by Gasteiger charge is -2.23. The molecule has 2 rings (SSSR count). The largest absolute Gasteiger partial charge is 0.381 e. The molecule has 3 nitrogen and oxygen atoms in total. The Morgan fingerprint density at radius 3 is 2.80 bits per heavy atom. The maximum absolute atomic E-state index is 6.29. The van der Waals surface area contributed by atoms with E-state index in [0.29, 0.717) is 0 Å². The van der Waals surface area contributed by atoms with Crippen LogP contribution >= 0.6 is 0 Å². The van der Waals surface area contributed by atoms with Crippen molar-refractivity contribution in [1.82, 2.24) is 5.32 Å². The lowest BCUT2D eigenvalue weighted by molar-refractivity contribution is 0.185. The van der Waals surface area contributed by atoms with Gasteiger partial charge in [-0.1, -0.05) is 12.8 Å². The van der Waals surface area contributed by atoms with Gasteiger partial charge >= 0.3 is 0 Å². The Kier molecular flexibility index (Phi) is 4.00. The van der Waals surface area contributed by atoms with Crippen LogP contribution in [0.3, 0.4) is 0 Å². The maximum Gasteiger partial charge on any atom is 0.0507 e. The van der Waals surface area contributed by atoms with Gasteiger partial charge in [0.2, 0.25) is 0 Å². The highest BCUT2D eigenvalue weighted by Gasteiger charge is 2.28. The number of nitrogens with two attached hydrogens (primary N) is 1. The van der Waals surface area contributed by atoms with Gasteiger partial charge in [0, 0.05) is 18.7 Å². The number of ether oxygens (including phenoxy) is 1. The van der Waals surface area contributed by atoms with Gasteiger partial charge in [-0.2, -0.15) is 0 Å². The molecule has 15 heavy (non-hydrogen) atoms. The quantitative estimate of drug-likeness (QED) is 0.675. The minimum absolute atomic E-state index is 0.152. The molecule has 1 atom stereocenters. The zero-order chi connectivity index (χ0) is 10.6. The number of rotatable bonds is 5. The first-order valence-electron chi connectivity index (χ1n) is 6.36. The summed E-state index contributed by atoms with van der Waals surface area (Å²) in [7, 11) is 0. The van der Waals surface area contributed by atoms with Gasteiger partial charge in [-0.25, -0.2) is 0 Å². The Morgan fingerprint density at radius 1 is 1.33 bits per heavy atom. The molecule has 0 bridgehead atoms. The number of hydrogen-bond acceptors (Lipinski definition) is 3. The Hall–Kier alpha value is -0.120. The first kappa shape index (κ1) is 11.4. The fourth-order valence-corrected chi connectivity index (χ4v) is 2.72. The molecule has 3 N–H and O–H groups in total. The van der Waals surface area contributed by atoms with E-state index in [-0.39, 0.29) is 5.54 Å². The SMILES string of the molecule is NC1(CCNCC2CCOC2)CCCC1. The van der Waals surface area contributed by atoms with Crippen LogP contribution in [0.4, 0.5) is 0 Å². The first-order chi connectivity index (χ1) is 7.29. The summed E-state index contributed by atoms with van der Waals surface area (Å²) >= 11 is 0. The van der Waals surface area contributed by atoms with E-state index < -0.39 is 0 Å². The van der Waals surface area contributed by atoms with Gasteiger partial charge in [0.25, 0.3) is 0 Å². The van der Waals surface area contributed by atoms with Crippen LogP contribution in [0.2, 0.25) is 0 Å². The maximum atomic E-state index is 6.29. The average Bonchev–Trinajstić information content (AvgIpc) is 2.84. The molecule has 0 aromatic carbocycles. The van der Waals surface area contributed by atoms with Crippen molar-refractivity contribution in [3.05, 3.63) is 0 Å². The van der Waals surface area contributed by atoms with Crippen LogP contribution in [-0.2, 0) is 4.74 Å². The lowest BCUT2D eigenvalue weighted by atomic mass is 9.95. The van der Waals surface area contributed by atoms with Crippen molar-refractivity contribution in [3.63, 3.8) is 0 Å². The van der Waals surface area contributed by atoms with Crippen molar-refractivity contribution >= 4 is 0 Å². The zero-order valence-electron chi connectivity index (χ0n) is 9.63. The van der Waals surface area contributed by atoms with Crippen LogP contribution < -0.4 is 11.1 Å². The Labute approximate surface area is 92.7 Å². The minimum Gasteiger partial charge on any atom is -0.381 e. The summed E-state index contributed by atoms with van der Waals surface area (Å²) in [5.74, 6) is 0.738. The molecule has 0 amide bonds. The van der Waals surface area contributed by atoms with Crippen molar-refractivity contribution in [2.45, 2.75) is 44.1 Å². The molecule has 0 spiro atoms. The molecular weight excluding hydrogens is 188 g/mol.